The maximum Gasteiger partial charge on any atom is 0.227 e. The van der Waals surface area contributed by atoms with Crippen molar-refractivity contribution in [3.05, 3.63) is 35.9 Å². The molecule has 2 aromatic heterocycles. The lowest BCUT2D eigenvalue weighted by Crippen LogP contribution is -2.37. The Balaban J connectivity index is 1.71. The smallest absolute Gasteiger partial charge is 0.227 e. The second kappa shape index (κ2) is 6.36. The molecule has 1 N–H and O–H groups in total. The Morgan fingerprint density at radius 2 is 2.19 bits per heavy atom. The Morgan fingerprint density at radius 1 is 1.33 bits per heavy atom. The zero-order chi connectivity index (χ0) is 14.5. The molecule has 0 radical (unpaired) electrons. The number of aryl methyl sites for hydroxylation is 1. The predicted octanol–water partition coefficient (Wildman–Crippen LogP) is 1.66. The fourth-order valence-corrected chi connectivity index (χ4v) is 2.04. The van der Waals surface area contributed by atoms with Crippen LogP contribution < -0.4 is 10.3 Å². The number of rotatable bonds is 4. The number of ether oxygens (including phenoxy) is 1. The number of anilines is 2. The van der Waals surface area contributed by atoms with E-state index in [2.05, 4.69) is 25.4 Å². The van der Waals surface area contributed by atoms with E-state index in [0.717, 1.165) is 18.8 Å². The Bertz CT molecular complexity index is 606. The molecule has 1 aliphatic heterocycles. The van der Waals surface area contributed by atoms with Crippen molar-refractivity contribution in [3.8, 4) is 0 Å². The molecular weight excluding hydrogens is 270 g/mol. The van der Waals surface area contributed by atoms with Gasteiger partial charge in [0.15, 0.2) is 5.82 Å². The first kappa shape index (κ1) is 13.6. The summed E-state index contributed by atoms with van der Waals surface area (Å²) in [7, 11) is 0. The fourth-order valence-electron chi connectivity index (χ4n) is 2.04. The topological polar surface area (TPSA) is 75.8 Å². The van der Waals surface area contributed by atoms with E-state index in [4.69, 9.17) is 9.15 Å². The minimum absolute atomic E-state index is 0.659. The van der Waals surface area contributed by atoms with E-state index >= 15 is 0 Å². The number of nitrogens with one attached hydrogen (secondary N) is 1. The van der Waals surface area contributed by atoms with Crippen LogP contribution in [-0.2, 0) is 4.74 Å². The average molecular weight is 287 g/mol. The van der Waals surface area contributed by atoms with E-state index in [9.17, 15) is 0 Å². The summed E-state index contributed by atoms with van der Waals surface area (Å²) in [6, 6.07) is 5.49. The van der Waals surface area contributed by atoms with Gasteiger partial charge in [-0.15, -0.1) is 0 Å². The molecule has 0 bridgehead atoms. The lowest BCUT2D eigenvalue weighted by Gasteiger charge is -2.27. The Hall–Kier alpha value is -2.41. The van der Waals surface area contributed by atoms with Gasteiger partial charge < -0.3 is 14.1 Å². The monoisotopic (exact) mass is 287 g/mol. The van der Waals surface area contributed by atoms with Crippen LogP contribution in [0.15, 0.2) is 34.0 Å². The summed E-state index contributed by atoms with van der Waals surface area (Å²) in [6.45, 7) is 4.96. The van der Waals surface area contributed by atoms with Crippen LogP contribution in [0.5, 0.6) is 0 Å². The van der Waals surface area contributed by atoms with Gasteiger partial charge in [0.2, 0.25) is 5.95 Å². The molecule has 0 atom stereocenters. The largest absolute Gasteiger partial charge is 0.463 e. The zero-order valence-electron chi connectivity index (χ0n) is 11.8. The summed E-state index contributed by atoms with van der Waals surface area (Å²) in [4.78, 5) is 11.1. The molecule has 0 amide bonds. The molecule has 3 rings (SSSR count). The van der Waals surface area contributed by atoms with Crippen LogP contribution in [-0.4, -0.2) is 42.5 Å². The molecule has 0 aromatic carbocycles. The minimum atomic E-state index is 0.659. The summed E-state index contributed by atoms with van der Waals surface area (Å²) in [5.41, 5.74) is 3.79. The van der Waals surface area contributed by atoms with Crippen molar-refractivity contribution in [1.82, 2.24) is 9.97 Å². The first-order chi connectivity index (χ1) is 10.3. The number of morpholine rings is 1. The maximum atomic E-state index is 5.34. The van der Waals surface area contributed by atoms with Crippen molar-refractivity contribution in [3.63, 3.8) is 0 Å². The standard InChI is InChI=1S/C14H17N5O2/c1-11-9-13(18-15-10-12-3-2-6-21-12)17-14(16-11)19-4-7-20-8-5-19/h2-3,6,9-10H,4-5,7-8H2,1H3,(H,16,17,18)/b15-10+. The van der Waals surface area contributed by atoms with Crippen LogP contribution in [0.1, 0.15) is 11.5 Å². The van der Waals surface area contributed by atoms with Gasteiger partial charge in [0.05, 0.1) is 25.7 Å². The second-order valence-electron chi connectivity index (χ2n) is 4.68. The highest BCUT2D eigenvalue weighted by Crippen LogP contribution is 2.15. The molecule has 1 saturated heterocycles. The van der Waals surface area contributed by atoms with Gasteiger partial charge in [-0.3, -0.25) is 5.43 Å². The molecule has 1 aliphatic rings. The molecule has 0 unspecified atom stereocenters. The van der Waals surface area contributed by atoms with Crippen LogP contribution in [0.25, 0.3) is 0 Å². The first-order valence-electron chi connectivity index (χ1n) is 6.82. The highest BCUT2D eigenvalue weighted by Gasteiger charge is 2.14. The zero-order valence-corrected chi connectivity index (χ0v) is 11.8. The summed E-state index contributed by atoms with van der Waals surface area (Å²) >= 11 is 0. The third-order valence-electron chi connectivity index (χ3n) is 3.05. The van der Waals surface area contributed by atoms with E-state index in [0.29, 0.717) is 30.7 Å². The van der Waals surface area contributed by atoms with Gasteiger partial charge in [-0.2, -0.15) is 10.1 Å². The van der Waals surface area contributed by atoms with Gasteiger partial charge in [-0.05, 0) is 19.1 Å². The number of furan rings is 1. The highest BCUT2D eigenvalue weighted by molar-refractivity contribution is 5.76. The van der Waals surface area contributed by atoms with Crippen LogP contribution >= 0.6 is 0 Å². The Labute approximate surface area is 122 Å². The quantitative estimate of drug-likeness (QED) is 0.681. The van der Waals surface area contributed by atoms with Crippen molar-refractivity contribution in [2.45, 2.75) is 6.92 Å². The van der Waals surface area contributed by atoms with Gasteiger partial charge in [0, 0.05) is 24.8 Å². The second-order valence-corrected chi connectivity index (χ2v) is 4.68. The SMILES string of the molecule is Cc1cc(N/N=C/c2ccco2)nc(N2CCOCC2)n1. The van der Waals surface area contributed by atoms with Crippen molar-refractivity contribution in [2.75, 3.05) is 36.6 Å². The lowest BCUT2D eigenvalue weighted by molar-refractivity contribution is 0.122. The normalized spacial score (nSPS) is 15.6. The van der Waals surface area contributed by atoms with Crippen LogP contribution in [0.2, 0.25) is 0 Å². The van der Waals surface area contributed by atoms with Gasteiger partial charge in [0.25, 0.3) is 0 Å². The van der Waals surface area contributed by atoms with Crippen LogP contribution in [0, 0.1) is 6.92 Å². The van der Waals surface area contributed by atoms with Gasteiger partial charge >= 0.3 is 0 Å². The summed E-state index contributed by atoms with van der Waals surface area (Å²) in [6.07, 6.45) is 3.21. The molecule has 7 heteroatoms. The molecule has 2 aromatic rings. The molecule has 7 nitrogen and oxygen atoms in total. The average Bonchev–Trinajstić information content (AvgIpc) is 3.01. The number of aromatic nitrogens is 2. The molecule has 110 valence electrons. The van der Waals surface area contributed by atoms with Gasteiger partial charge in [-0.1, -0.05) is 0 Å². The summed E-state index contributed by atoms with van der Waals surface area (Å²) < 4.78 is 10.5. The van der Waals surface area contributed by atoms with Gasteiger partial charge in [-0.25, -0.2) is 4.98 Å². The molecule has 1 fully saturated rings. The fraction of sp³-hybridized carbons (Fsp3) is 0.357. The van der Waals surface area contributed by atoms with Crippen molar-refractivity contribution >= 4 is 18.0 Å². The number of hydrogen-bond acceptors (Lipinski definition) is 7. The van der Waals surface area contributed by atoms with E-state index in [1.165, 1.54) is 0 Å². The van der Waals surface area contributed by atoms with E-state index in [-0.39, 0.29) is 0 Å². The third kappa shape index (κ3) is 3.57. The number of hydrogen-bond donors (Lipinski definition) is 1. The van der Waals surface area contributed by atoms with E-state index in [1.807, 2.05) is 25.1 Å². The molecule has 0 aliphatic carbocycles. The number of hydrazone groups is 1. The number of nitrogens with zero attached hydrogens (tertiary/aromatic N) is 4. The Kier molecular flexibility index (Phi) is 4.11. The van der Waals surface area contributed by atoms with Crippen molar-refractivity contribution in [1.29, 1.82) is 0 Å². The molecular formula is C14H17N5O2. The van der Waals surface area contributed by atoms with Crippen LogP contribution in [0.4, 0.5) is 11.8 Å². The summed E-state index contributed by atoms with van der Waals surface area (Å²) in [5.74, 6) is 2.04. The Morgan fingerprint density at radius 3 is 2.95 bits per heavy atom. The highest BCUT2D eigenvalue weighted by atomic mass is 16.5. The molecule has 0 spiro atoms. The van der Waals surface area contributed by atoms with Crippen molar-refractivity contribution in [2.24, 2.45) is 5.10 Å². The van der Waals surface area contributed by atoms with Crippen LogP contribution in [0.3, 0.4) is 0 Å². The van der Waals surface area contributed by atoms with Crippen molar-refractivity contribution < 1.29 is 9.15 Å². The molecule has 21 heavy (non-hydrogen) atoms. The van der Waals surface area contributed by atoms with E-state index in [1.54, 1.807) is 12.5 Å². The van der Waals surface area contributed by atoms with Gasteiger partial charge in [0.1, 0.15) is 5.76 Å². The molecule has 0 saturated carbocycles. The molecule has 3 heterocycles. The first-order valence-corrected chi connectivity index (χ1v) is 6.82. The lowest BCUT2D eigenvalue weighted by atomic mass is 10.4. The van der Waals surface area contributed by atoms with E-state index < -0.39 is 0 Å². The minimum Gasteiger partial charge on any atom is -0.463 e. The third-order valence-corrected chi connectivity index (χ3v) is 3.05. The maximum absolute atomic E-state index is 5.34. The summed E-state index contributed by atoms with van der Waals surface area (Å²) in [5, 5.41) is 4.11. The predicted molar refractivity (Wildman–Crippen MR) is 79.7 cm³/mol.